The minimum Gasteiger partial charge on any atom is -0.467 e. The van der Waals surface area contributed by atoms with Gasteiger partial charge < -0.3 is 15.2 Å². The van der Waals surface area contributed by atoms with Crippen molar-refractivity contribution in [1.82, 2.24) is 15.0 Å². The zero-order valence-corrected chi connectivity index (χ0v) is 9.85. The van der Waals surface area contributed by atoms with Crippen molar-refractivity contribution in [3.8, 4) is 17.8 Å². The lowest BCUT2D eigenvalue weighted by molar-refractivity contribution is 0.360. The SMILES string of the molecule is COc1nc(N)nc(Oc2ccc(F)c(C)c2)n1. The summed E-state index contributed by atoms with van der Waals surface area (Å²) in [5.74, 6) is 0.0762. The number of hydrogen-bond donors (Lipinski definition) is 1. The van der Waals surface area contributed by atoms with E-state index in [-0.39, 0.29) is 23.8 Å². The molecule has 1 aromatic carbocycles. The fourth-order valence-electron chi connectivity index (χ4n) is 1.28. The largest absolute Gasteiger partial charge is 0.467 e. The Hall–Kier alpha value is -2.44. The molecule has 0 fully saturated rings. The quantitative estimate of drug-likeness (QED) is 0.892. The monoisotopic (exact) mass is 250 g/mol. The lowest BCUT2D eigenvalue weighted by Gasteiger charge is -2.06. The Labute approximate surface area is 103 Å². The first-order valence-electron chi connectivity index (χ1n) is 5.08. The van der Waals surface area contributed by atoms with E-state index in [9.17, 15) is 4.39 Å². The number of methoxy groups -OCH3 is 1. The molecule has 1 aromatic heterocycles. The topological polar surface area (TPSA) is 83.2 Å². The van der Waals surface area contributed by atoms with Crippen LogP contribution in [0.1, 0.15) is 5.56 Å². The molecule has 0 aliphatic rings. The summed E-state index contributed by atoms with van der Waals surface area (Å²) in [6.45, 7) is 1.63. The molecule has 6 nitrogen and oxygen atoms in total. The summed E-state index contributed by atoms with van der Waals surface area (Å²) >= 11 is 0. The highest BCUT2D eigenvalue weighted by Gasteiger charge is 2.07. The van der Waals surface area contributed by atoms with Crippen LogP contribution in [0.5, 0.6) is 17.8 Å². The summed E-state index contributed by atoms with van der Waals surface area (Å²) in [4.78, 5) is 11.4. The van der Waals surface area contributed by atoms with Gasteiger partial charge in [-0.2, -0.15) is 9.97 Å². The number of aryl methyl sites for hydroxylation is 1. The molecule has 2 rings (SSSR count). The van der Waals surface area contributed by atoms with Gasteiger partial charge in [0.15, 0.2) is 0 Å². The highest BCUT2D eigenvalue weighted by molar-refractivity contribution is 5.31. The predicted octanol–water partition coefficient (Wildman–Crippen LogP) is 1.70. The summed E-state index contributed by atoms with van der Waals surface area (Å²) in [5, 5.41) is 0. The van der Waals surface area contributed by atoms with Crippen LogP contribution in [0.2, 0.25) is 0 Å². The lowest BCUT2D eigenvalue weighted by atomic mass is 10.2. The van der Waals surface area contributed by atoms with Gasteiger partial charge in [0.05, 0.1) is 7.11 Å². The van der Waals surface area contributed by atoms with Crippen molar-refractivity contribution in [2.75, 3.05) is 12.8 Å². The molecular weight excluding hydrogens is 239 g/mol. The van der Waals surface area contributed by atoms with E-state index in [0.29, 0.717) is 11.3 Å². The number of hydrogen-bond acceptors (Lipinski definition) is 6. The predicted molar refractivity (Wildman–Crippen MR) is 62.0 cm³/mol. The molecule has 7 heteroatoms. The normalized spacial score (nSPS) is 10.2. The minimum atomic E-state index is -0.310. The van der Waals surface area contributed by atoms with Gasteiger partial charge in [-0.25, -0.2) is 4.39 Å². The van der Waals surface area contributed by atoms with Gasteiger partial charge in [-0.3, -0.25) is 0 Å². The van der Waals surface area contributed by atoms with Crippen molar-refractivity contribution in [1.29, 1.82) is 0 Å². The fourth-order valence-corrected chi connectivity index (χ4v) is 1.28. The van der Waals surface area contributed by atoms with Gasteiger partial charge in [0.25, 0.3) is 0 Å². The maximum Gasteiger partial charge on any atom is 0.330 e. The van der Waals surface area contributed by atoms with Crippen LogP contribution in [0.3, 0.4) is 0 Å². The Morgan fingerprint density at radius 1 is 1.17 bits per heavy atom. The van der Waals surface area contributed by atoms with E-state index in [1.807, 2.05) is 0 Å². The number of nitrogen functional groups attached to an aromatic ring is 1. The third-order valence-corrected chi connectivity index (χ3v) is 2.13. The molecule has 0 bridgehead atoms. The van der Waals surface area contributed by atoms with Crippen LogP contribution in [0.25, 0.3) is 0 Å². The van der Waals surface area contributed by atoms with Gasteiger partial charge >= 0.3 is 12.0 Å². The van der Waals surface area contributed by atoms with E-state index in [4.69, 9.17) is 15.2 Å². The molecule has 0 saturated carbocycles. The van der Waals surface area contributed by atoms with Gasteiger partial charge in [0.2, 0.25) is 5.95 Å². The van der Waals surface area contributed by atoms with E-state index in [0.717, 1.165) is 0 Å². The summed E-state index contributed by atoms with van der Waals surface area (Å²) in [7, 11) is 1.40. The molecular formula is C11H11FN4O2. The molecule has 0 aliphatic heterocycles. The third-order valence-electron chi connectivity index (χ3n) is 2.13. The Kier molecular flexibility index (Phi) is 3.22. The molecule has 0 atom stereocenters. The molecule has 0 radical (unpaired) electrons. The third kappa shape index (κ3) is 2.62. The van der Waals surface area contributed by atoms with Crippen LogP contribution in [-0.2, 0) is 0 Å². The standard InChI is InChI=1S/C11H11FN4O2/c1-6-5-7(3-4-8(6)12)18-11-15-9(13)14-10(16-11)17-2/h3-5H,1-2H3,(H2,13,14,15,16). The molecule has 1 heterocycles. The summed E-state index contributed by atoms with van der Waals surface area (Å²) < 4.78 is 23.3. The average molecular weight is 250 g/mol. The van der Waals surface area contributed by atoms with E-state index in [1.54, 1.807) is 6.92 Å². The fraction of sp³-hybridized carbons (Fsp3) is 0.182. The highest BCUT2D eigenvalue weighted by atomic mass is 19.1. The van der Waals surface area contributed by atoms with Crippen molar-refractivity contribution in [3.05, 3.63) is 29.6 Å². The zero-order valence-electron chi connectivity index (χ0n) is 9.85. The molecule has 94 valence electrons. The second kappa shape index (κ2) is 4.82. The number of halogens is 1. The Morgan fingerprint density at radius 2 is 1.89 bits per heavy atom. The van der Waals surface area contributed by atoms with Crippen molar-refractivity contribution in [2.24, 2.45) is 0 Å². The van der Waals surface area contributed by atoms with Crippen LogP contribution in [-0.4, -0.2) is 22.1 Å². The smallest absolute Gasteiger partial charge is 0.330 e. The Morgan fingerprint density at radius 3 is 2.56 bits per heavy atom. The lowest BCUT2D eigenvalue weighted by Crippen LogP contribution is -2.02. The number of nitrogens with two attached hydrogens (primary N) is 1. The molecule has 0 aliphatic carbocycles. The van der Waals surface area contributed by atoms with Crippen LogP contribution in [0.4, 0.5) is 10.3 Å². The number of nitrogens with zero attached hydrogens (tertiary/aromatic N) is 3. The average Bonchev–Trinajstić information content (AvgIpc) is 2.33. The van der Waals surface area contributed by atoms with Crippen molar-refractivity contribution in [2.45, 2.75) is 6.92 Å². The van der Waals surface area contributed by atoms with Crippen molar-refractivity contribution < 1.29 is 13.9 Å². The number of rotatable bonds is 3. The molecule has 2 aromatic rings. The highest BCUT2D eigenvalue weighted by Crippen LogP contribution is 2.22. The second-order valence-electron chi connectivity index (χ2n) is 3.48. The van der Waals surface area contributed by atoms with Crippen molar-refractivity contribution >= 4 is 5.95 Å². The van der Waals surface area contributed by atoms with Gasteiger partial charge in [0.1, 0.15) is 11.6 Å². The van der Waals surface area contributed by atoms with Crippen LogP contribution < -0.4 is 15.2 Å². The number of anilines is 1. The van der Waals surface area contributed by atoms with Crippen LogP contribution in [0.15, 0.2) is 18.2 Å². The zero-order chi connectivity index (χ0) is 13.1. The molecule has 0 saturated heterocycles. The first-order valence-corrected chi connectivity index (χ1v) is 5.08. The first kappa shape index (κ1) is 12.0. The van der Waals surface area contributed by atoms with Gasteiger partial charge in [0, 0.05) is 0 Å². The van der Waals surface area contributed by atoms with E-state index in [1.165, 1.54) is 25.3 Å². The summed E-state index contributed by atoms with van der Waals surface area (Å²) in [5.41, 5.74) is 5.92. The molecule has 0 spiro atoms. The van der Waals surface area contributed by atoms with E-state index in [2.05, 4.69) is 15.0 Å². The molecule has 0 amide bonds. The van der Waals surface area contributed by atoms with E-state index >= 15 is 0 Å². The van der Waals surface area contributed by atoms with Crippen LogP contribution in [0, 0.1) is 12.7 Å². The second-order valence-corrected chi connectivity index (χ2v) is 3.48. The summed E-state index contributed by atoms with van der Waals surface area (Å²) in [6.07, 6.45) is 0. The summed E-state index contributed by atoms with van der Waals surface area (Å²) in [6, 6.07) is 4.34. The molecule has 2 N–H and O–H groups in total. The maximum absolute atomic E-state index is 13.1. The minimum absolute atomic E-state index is 0.00893. The number of aromatic nitrogens is 3. The van der Waals surface area contributed by atoms with Gasteiger partial charge in [-0.15, -0.1) is 4.98 Å². The van der Waals surface area contributed by atoms with E-state index < -0.39 is 0 Å². The Bertz CT molecular complexity index is 577. The van der Waals surface area contributed by atoms with Crippen LogP contribution >= 0.6 is 0 Å². The molecule has 18 heavy (non-hydrogen) atoms. The van der Waals surface area contributed by atoms with Gasteiger partial charge in [-0.05, 0) is 30.7 Å². The first-order chi connectivity index (χ1) is 8.58. The van der Waals surface area contributed by atoms with Crippen molar-refractivity contribution in [3.63, 3.8) is 0 Å². The number of benzene rings is 1. The maximum atomic E-state index is 13.1. The Balaban J connectivity index is 2.27. The molecule has 0 unspecified atom stereocenters. The van der Waals surface area contributed by atoms with Gasteiger partial charge in [-0.1, -0.05) is 0 Å². The number of ether oxygens (including phenoxy) is 2.